The van der Waals surface area contributed by atoms with Gasteiger partial charge in [0.2, 0.25) is 0 Å². The van der Waals surface area contributed by atoms with Gasteiger partial charge in [-0.05, 0) is 30.2 Å². The van der Waals surface area contributed by atoms with Crippen molar-refractivity contribution in [3.8, 4) is 0 Å². The Labute approximate surface area is 108 Å². The zero-order chi connectivity index (χ0) is 13.0. The number of benzene rings is 1. The number of amidine groups is 1. The second-order valence-corrected chi connectivity index (χ2v) is 5.14. The van der Waals surface area contributed by atoms with E-state index in [0.29, 0.717) is 5.41 Å². The van der Waals surface area contributed by atoms with Crippen LogP contribution < -0.4 is 11.1 Å². The van der Waals surface area contributed by atoms with Crippen molar-refractivity contribution in [1.82, 2.24) is 5.32 Å². The molecule has 0 aromatic heterocycles. The third-order valence-corrected chi connectivity index (χ3v) is 3.89. The normalized spacial score (nSPS) is 17.7. The molecule has 0 heterocycles. The third kappa shape index (κ3) is 3.01. The minimum Gasteiger partial charge on any atom is -0.409 e. The Kier molecular flexibility index (Phi) is 3.87. The molecule has 4 heteroatoms. The second-order valence-electron chi connectivity index (χ2n) is 5.14. The number of rotatable bonds is 6. The number of hydrogen-bond acceptors (Lipinski definition) is 3. The van der Waals surface area contributed by atoms with Gasteiger partial charge in [-0.3, -0.25) is 0 Å². The minimum absolute atomic E-state index is 0.150. The molecule has 98 valence electrons. The summed E-state index contributed by atoms with van der Waals surface area (Å²) in [6, 6.07) is 7.76. The molecule has 0 saturated heterocycles. The van der Waals surface area contributed by atoms with Crippen LogP contribution in [-0.4, -0.2) is 17.6 Å². The summed E-state index contributed by atoms with van der Waals surface area (Å²) in [7, 11) is 0. The van der Waals surface area contributed by atoms with Gasteiger partial charge in [0.15, 0.2) is 5.84 Å². The fraction of sp³-hybridized carbons (Fsp3) is 0.500. The number of nitrogens with zero attached hydrogens (tertiary/aromatic N) is 1. The first-order chi connectivity index (χ1) is 8.69. The number of nitrogens with two attached hydrogens (primary N) is 1. The van der Waals surface area contributed by atoms with Gasteiger partial charge in [0.05, 0.1) is 0 Å². The molecular formula is C14H21N3O. The molecule has 1 saturated carbocycles. The molecule has 1 aromatic carbocycles. The van der Waals surface area contributed by atoms with Gasteiger partial charge < -0.3 is 16.3 Å². The maximum Gasteiger partial charge on any atom is 0.170 e. The first-order valence-electron chi connectivity index (χ1n) is 6.47. The van der Waals surface area contributed by atoms with E-state index in [2.05, 4.69) is 17.4 Å². The highest BCUT2D eigenvalue weighted by molar-refractivity contribution is 5.96. The molecule has 1 fully saturated rings. The molecule has 18 heavy (non-hydrogen) atoms. The van der Waals surface area contributed by atoms with Gasteiger partial charge in [-0.1, -0.05) is 36.3 Å². The SMILES string of the molecule is CCC1(CNCc2ccc(/C(N)=N/O)cc2)CC1. The molecule has 1 aliphatic rings. The van der Waals surface area contributed by atoms with E-state index in [1.165, 1.54) is 24.8 Å². The number of oxime groups is 1. The molecule has 0 spiro atoms. The molecule has 1 aliphatic carbocycles. The van der Waals surface area contributed by atoms with Crippen LogP contribution in [0.4, 0.5) is 0 Å². The quantitative estimate of drug-likeness (QED) is 0.312. The van der Waals surface area contributed by atoms with Crippen LogP contribution in [0.5, 0.6) is 0 Å². The van der Waals surface area contributed by atoms with Crippen LogP contribution in [0.1, 0.15) is 37.3 Å². The summed E-state index contributed by atoms with van der Waals surface area (Å²) in [6.45, 7) is 4.24. The van der Waals surface area contributed by atoms with Crippen molar-refractivity contribution in [2.24, 2.45) is 16.3 Å². The lowest BCUT2D eigenvalue weighted by molar-refractivity contribution is 0.318. The highest BCUT2D eigenvalue weighted by Crippen LogP contribution is 2.47. The molecule has 2 rings (SSSR count). The first kappa shape index (κ1) is 12.9. The van der Waals surface area contributed by atoms with Crippen LogP contribution in [0, 0.1) is 5.41 Å². The van der Waals surface area contributed by atoms with Crippen molar-refractivity contribution in [2.45, 2.75) is 32.7 Å². The van der Waals surface area contributed by atoms with E-state index in [9.17, 15) is 0 Å². The van der Waals surface area contributed by atoms with Crippen molar-refractivity contribution < 1.29 is 5.21 Å². The molecular weight excluding hydrogens is 226 g/mol. The Morgan fingerprint density at radius 2 is 2.06 bits per heavy atom. The number of hydrogen-bond donors (Lipinski definition) is 3. The van der Waals surface area contributed by atoms with Gasteiger partial charge in [-0.15, -0.1) is 0 Å². The average Bonchev–Trinajstić information content (AvgIpc) is 3.19. The van der Waals surface area contributed by atoms with Crippen molar-refractivity contribution in [1.29, 1.82) is 0 Å². The predicted octanol–water partition coefficient (Wildman–Crippen LogP) is 2.06. The summed E-state index contributed by atoms with van der Waals surface area (Å²) < 4.78 is 0. The summed E-state index contributed by atoms with van der Waals surface area (Å²) >= 11 is 0. The van der Waals surface area contributed by atoms with Crippen molar-refractivity contribution in [3.05, 3.63) is 35.4 Å². The van der Waals surface area contributed by atoms with Crippen molar-refractivity contribution in [2.75, 3.05) is 6.54 Å². The fourth-order valence-corrected chi connectivity index (χ4v) is 2.16. The highest BCUT2D eigenvalue weighted by Gasteiger charge is 2.39. The van der Waals surface area contributed by atoms with Crippen LogP contribution in [0.25, 0.3) is 0 Å². The zero-order valence-electron chi connectivity index (χ0n) is 10.8. The molecule has 0 atom stereocenters. The fourth-order valence-electron chi connectivity index (χ4n) is 2.16. The topological polar surface area (TPSA) is 70.6 Å². The summed E-state index contributed by atoms with van der Waals surface area (Å²) in [5.41, 5.74) is 8.05. The lowest BCUT2D eigenvalue weighted by Crippen LogP contribution is -2.23. The Balaban J connectivity index is 1.83. The Hall–Kier alpha value is -1.55. The molecule has 0 unspecified atom stereocenters. The molecule has 0 amide bonds. The largest absolute Gasteiger partial charge is 0.409 e. The molecule has 4 N–H and O–H groups in total. The van der Waals surface area contributed by atoms with Gasteiger partial charge in [-0.2, -0.15) is 0 Å². The van der Waals surface area contributed by atoms with Gasteiger partial charge in [0, 0.05) is 18.7 Å². The minimum atomic E-state index is 0.150. The highest BCUT2D eigenvalue weighted by atomic mass is 16.4. The second kappa shape index (κ2) is 5.40. The Morgan fingerprint density at radius 3 is 2.56 bits per heavy atom. The van der Waals surface area contributed by atoms with Gasteiger partial charge in [-0.25, -0.2) is 0 Å². The van der Waals surface area contributed by atoms with Crippen LogP contribution in [0.3, 0.4) is 0 Å². The standard InChI is InChI=1S/C14H21N3O/c1-2-14(7-8-14)10-16-9-11-3-5-12(6-4-11)13(15)17-18/h3-6,16,18H,2,7-10H2,1H3,(H2,15,17). The van der Waals surface area contributed by atoms with E-state index < -0.39 is 0 Å². The lowest BCUT2D eigenvalue weighted by Gasteiger charge is -2.13. The van der Waals surface area contributed by atoms with E-state index in [4.69, 9.17) is 10.9 Å². The molecule has 0 bridgehead atoms. The smallest absolute Gasteiger partial charge is 0.170 e. The monoisotopic (exact) mass is 247 g/mol. The summed E-state index contributed by atoms with van der Waals surface area (Å²) in [5.74, 6) is 0.150. The van der Waals surface area contributed by atoms with Gasteiger partial charge in [0.25, 0.3) is 0 Å². The summed E-state index contributed by atoms with van der Waals surface area (Å²) in [6.07, 6.45) is 3.99. The first-order valence-corrected chi connectivity index (χ1v) is 6.47. The Bertz CT molecular complexity index is 421. The van der Waals surface area contributed by atoms with Gasteiger partial charge in [0.1, 0.15) is 0 Å². The summed E-state index contributed by atoms with van der Waals surface area (Å²) in [5, 5.41) is 15.1. The maximum atomic E-state index is 8.57. The zero-order valence-corrected chi connectivity index (χ0v) is 10.8. The van der Waals surface area contributed by atoms with Crippen LogP contribution in [0.2, 0.25) is 0 Å². The van der Waals surface area contributed by atoms with Crippen LogP contribution >= 0.6 is 0 Å². The van der Waals surface area contributed by atoms with E-state index in [0.717, 1.165) is 18.7 Å². The van der Waals surface area contributed by atoms with E-state index in [-0.39, 0.29) is 5.84 Å². The maximum absolute atomic E-state index is 8.57. The Morgan fingerprint density at radius 1 is 1.39 bits per heavy atom. The molecule has 0 radical (unpaired) electrons. The average molecular weight is 247 g/mol. The van der Waals surface area contributed by atoms with Crippen molar-refractivity contribution in [3.63, 3.8) is 0 Å². The van der Waals surface area contributed by atoms with Crippen LogP contribution in [-0.2, 0) is 6.54 Å². The van der Waals surface area contributed by atoms with E-state index >= 15 is 0 Å². The molecule has 4 nitrogen and oxygen atoms in total. The van der Waals surface area contributed by atoms with Gasteiger partial charge >= 0.3 is 0 Å². The molecule has 0 aliphatic heterocycles. The van der Waals surface area contributed by atoms with Crippen molar-refractivity contribution >= 4 is 5.84 Å². The number of nitrogens with one attached hydrogen (secondary N) is 1. The summed E-state index contributed by atoms with van der Waals surface area (Å²) in [4.78, 5) is 0. The lowest BCUT2D eigenvalue weighted by atomic mass is 10.0. The van der Waals surface area contributed by atoms with E-state index in [1.54, 1.807) is 0 Å². The predicted molar refractivity (Wildman–Crippen MR) is 72.6 cm³/mol. The van der Waals surface area contributed by atoms with E-state index in [1.807, 2.05) is 24.3 Å². The van der Waals surface area contributed by atoms with Crippen LogP contribution in [0.15, 0.2) is 29.4 Å². The molecule has 1 aromatic rings. The third-order valence-electron chi connectivity index (χ3n) is 3.89.